The van der Waals surface area contributed by atoms with Gasteiger partial charge in [-0.15, -0.1) is 0 Å². The number of carboxylic acid groups (broad SMARTS) is 1. The fraction of sp³-hybridized carbons (Fsp3) is 0.240. The highest BCUT2D eigenvalue weighted by Crippen LogP contribution is 2.24. The van der Waals surface area contributed by atoms with Gasteiger partial charge in [0.1, 0.15) is 5.57 Å². The van der Waals surface area contributed by atoms with E-state index in [-0.39, 0.29) is 11.0 Å². The van der Waals surface area contributed by atoms with Gasteiger partial charge in [-0.2, -0.15) is 0 Å². The highest BCUT2D eigenvalue weighted by Gasteiger charge is 2.14. The summed E-state index contributed by atoms with van der Waals surface area (Å²) in [6.45, 7) is 8.63. The van der Waals surface area contributed by atoms with Crippen molar-refractivity contribution in [3.8, 4) is 0 Å². The van der Waals surface area contributed by atoms with E-state index in [9.17, 15) is 9.90 Å². The summed E-state index contributed by atoms with van der Waals surface area (Å²) in [5, 5.41) is 9.45. The van der Waals surface area contributed by atoms with Crippen molar-refractivity contribution >= 4 is 23.7 Å². The Morgan fingerprint density at radius 1 is 1.04 bits per heavy atom. The predicted molar refractivity (Wildman–Crippen MR) is 117 cm³/mol. The Hall–Kier alpha value is -3.07. The molecule has 0 fully saturated rings. The first kappa shape index (κ1) is 21.2. The van der Waals surface area contributed by atoms with Crippen LogP contribution in [0.3, 0.4) is 0 Å². The SMILES string of the molecule is CO/C=C(/C(=O)O)c1ccccc1C=C/C(C)=C/c1ccc(C(C)(C)C)cc1. The summed E-state index contributed by atoms with van der Waals surface area (Å²) in [5.74, 6) is -1.02. The molecule has 146 valence electrons. The van der Waals surface area contributed by atoms with Gasteiger partial charge in [-0.3, -0.25) is 0 Å². The van der Waals surface area contributed by atoms with Gasteiger partial charge in [0, 0.05) is 0 Å². The number of hydrogen-bond donors (Lipinski definition) is 1. The van der Waals surface area contributed by atoms with E-state index in [1.54, 1.807) is 6.07 Å². The third kappa shape index (κ3) is 5.71. The van der Waals surface area contributed by atoms with Crippen molar-refractivity contribution in [1.82, 2.24) is 0 Å². The third-order valence-electron chi connectivity index (χ3n) is 4.41. The molecule has 0 aliphatic heterocycles. The van der Waals surface area contributed by atoms with Crippen LogP contribution >= 0.6 is 0 Å². The van der Waals surface area contributed by atoms with Crippen LogP contribution < -0.4 is 0 Å². The largest absolute Gasteiger partial charge is 0.503 e. The molecule has 0 radical (unpaired) electrons. The highest BCUT2D eigenvalue weighted by molar-refractivity contribution is 6.16. The van der Waals surface area contributed by atoms with Crippen molar-refractivity contribution in [1.29, 1.82) is 0 Å². The Morgan fingerprint density at radius 2 is 1.68 bits per heavy atom. The minimum absolute atomic E-state index is 0.127. The number of benzene rings is 2. The number of allylic oxidation sites excluding steroid dienone is 2. The molecule has 0 saturated carbocycles. The standard InChI is InChI=1S/C25H28O3/c1-18(16-19-11-14-21(15-12-19)25(2,3)4)10-13-20-8-6-7-9-22(20)23(17-28-5)24(26)27/h6-17H,1-5H3,(H,26,27)/b13-10?,18-16+,23-17+. The molecule has 2 aromatic rings. The van der Waals surface area contributed by atoms with Gasteiger partial charge in [0.05, 0.1) is 13.4 Å². The molecule has 0 amide bonds. The maximum absolute atomic E-state index is 11.5. The minimum atomic E-state index is -1.02. The normalized spacial score (nSPS) is 13.0. The van der Waals surface area contributed by atoms with Gasteiger partial charge >= 0.3 is 5.97 Å². The molecule has 0 heterocycles. The van der Waals surface area contributed by atoms with Gasteiger partial charge in [0.15, 0.2) is 0 Å². The highest BCUT2D eigenvalue weighted by atomic mass is 16.5. The van der Waals surface area contributed by atoms with Crippen LogP contribution in [0.5, 0.6) is 0 Å². The molecule has 2 aromatic carbocycles. The molecule has 0 saturated heterocycles. The monoisotopic (exact) mass is 376 g/mol. The maximum Gasteiger partial charge on any atom is 0.339 e. The van der Waals surface area contributed by atoms with E-state index in [4.69, 9.17) is 4.74 Å². The Labute approximate surface area is 167 Å². The molecular formula is C25H28O3. The van der Waals surface area contributed by atoms with Crippen molar-refractivity contribution in [3.05, 3.63) is 88.7 Å². The number of carboxylic acids is 1. The number of rotatable bonds is 6. The van der Waals surface area contributed by atoms with E-state index in [1.807, 2.05) is 37.3 Å². The zero-order valence-electron chi connectivity index (χ0n) is 17.2. The van der Waals surface area contributed by atoms with Crippen LogP contribution in [0, 0.1) is 0 Å². The van der Waals surface area contributed by atoms with Crippen LogP contribution in [0.4, 0.5) is 0 Å². The Bertz CT molecular complexity index is 908. The van der Waals surface area contributed by atoms with E-state index < -0.39 is 5.97 Å². The van der Waals surface area contributed by atoms with Gasteiger partial charge < -0.3 is 9.84 Å². The second kappa shape index (κ2) is 9.23. The second-order valence-electron chi connectivity index (χ2n) is 7.75. The lowest BCUT2D eigenvalue weighted by atomic mass is 9.86. The molecule has 1 N–H and O–H groups in total. The molecule has 0 aromatic heterocycles. The van der Waals surface area contributed by atoms with Crippen molar-refractivity contribution in [2.45, 2.75) is 33.1 Å². The summed E-state index contributed by atoms with van der Waals surface area (Å²) in [7, 11) is 1.44. The third-order valence-corrected chi connectivity index (χ3v) is 4.41. The quantitative estimate of drug-likeness (QED) is 0.372. The average Bonchev–Trinajstić information content (AvgIpc) is 2.64. The summed E-state index contributed by atoms with van der Waals surface area (Å²) in [6.07, 6.45) is 7.28. The van der Waals surface area contributed by atoms with Crippen molar-refractivity contribution in [2.75, 3.05) is 7.11 Å². The zero-order valence-corrected chi connectivity index (χ0v) is 17.2. The number of methoxy groups -OCH3 is 1. The summed E-state index contributed by atoms with van der Waals surface area (Å²) >= 11 is 0. The molecule has 3 heteroatoms. The minimum Gasteiger partial charge on any atom is -0.503 e. The number of hydrogen-bond acceptors (Lipinski definition) is 2. The van der Waals surface area contributed by atoms with Gasteiger partial charge in [0.25, 0.3) is 0 Å². The molecule has 2 rings (SSSR count). The van der Waals surface area contributed by atoms with E-state index in [0.29, 0.717) is 5.56 Å². The molecule has 0 bridgehead atoms. The van der Waals surface area contributed by atoms with Crippen LogP contribution in [-0.4, -0.2) is 18.2 Å². The lowest BCUT2D eigenvalue weighted by molar-refractivity contribution is -0.130. The fourth-order valence-electron chi connectivity index (χ4n) is 2.85. The average molecular weight is 376 g/mol. The molecule has 0 aliphatic rings. The first-order valence-electron chi connectivity index (χ1n) is 9.25. The predicted octanol–water partition coefficient (Wildman–Crippen LogP) is 6.17. The van der Waals surface area contributed by atoms with E-state index in [2.05, 4.69) is 51.1 Å². The van der Waals surface area contributed by atoms with Crippen LogP contribution in [0.1, 0.15) is 49.9 Å². The lowest BCUT2D eigenvalue weighted by Gasteiger charge is -2.18. The van der Waals surface area contributed by atoms with Crippen LogP contribution in [-0.2, 0) is 14.9 Å². The topological polar surface area (TPSA) is 46.5 Å². The molecule has 0 spiro atoms. The number of aliphatic carboxylic acids is 1. The van der Waals surface area contributed by atoms with E-state index >= 15 is 0 Å². The van der Waals surface area contributed by atoms with E-state index in [0.717, 1.165) is 16.7 Å². The zero-order chi connectivity index (χ0) is 20.7. The van der Waals surface area contributed by atoms with E-state index in [1.165, 1.54) is 18.9 Å². The first-order valence-corrected chi connectivity index (χ1v) is 9.25. The second-order valence-corrected chi connectivity index (χ2v) is 7.75. The van der Waals surface area contributed by atoms with Gasteiger partial charge in [0.2, 0.25) is 0 Å². The Balaban J connectivity index is 2.27. The molecule has 0 aliphatic carbocycles. The van der Waals surface area contributed by atoms with Crippen LogP contribution in [0.15, 0.2) is 66.4 Å². The molecule has 28 heavy (non-hydrogen) atoms. The summed E-state index contributed by atoms with van der Waals surface area (Å²) in [6, 6.07) is 15.9. The van der Waals surface area contributed by atoms with Crippen molar-refractivity contribution < 1.29 is 14.6 Å². The van der Waals surface area contributed by atoms with Crippen LogP contribution in [0.25, 0.3) is 17.7 Å². The molecule has 3 nitrogen and oxygen atoms in total. The fourth-order valence-corrected chi connectivity index (χ4v) is 2.85. The van der Waals surface area contributed by atoms with Crippen LogP contribution in [0.2, 0.25) is 0 Å². The summed E-state index contributed by atoms with van der Waals surface area (Å²) < 4.78 is 4.93. The van der Waals surface area contributed by atoms with Crippen molar-refractivity contribution in [3.63, 3.8) is 0 Å². The van der Waals surface area contributed by atoms with Gasteiger partial charge in [-0.1, -0.05) is 93.1 Å². The Kier molecular flexibility index (Phi) is 7.00. The molecule has 0 unspecified atom stereocenters. The van der Waals surface area contributed by atoms with Gasteiger partial charge in [-0.25, -0.2) is 4.79 Å². The van der Waals surface area contributed by atoms with Gasteiger partial charge in [-0.05, 0) is 34.6 Å². The number of ether oxygens (including phenoxy) is 1. The first-order chi connectivity index (χ1) is 13.2. The number of carbonyl (C=O) groups is 1. The maximum atomic E-state index is 11.5. The summed E-state index contributed by atoms with van der Waals surface area (Å²) in [5.41, 5.74) is 5.22. The smallest absolute Gasteiger partial charge is 0.339 e. The summed E-state index contributed by atoms with van der Waals surface area (Å²) in [4.78, 5) is 11.5. The molecule has 0 atom stereocenters. The van der Waals surface area contributed by atoms with Crippen molar-refractivity contribution in [2.24, 2.45) is 0 Å². The molecular weight excluding hydrogens is 348 g/mol. The Morgan fingerprint density at radius 3 is 2.25 bits per heavy atom. The lowest BCUT2D eigenvalue weighted by Crippen LogP contribution is -2.10.